The summed E-state index contributed by atoms with van der Waals surface area (Å²) in [5.74, 6) is 0.675. The second kappa shape index (κ2) is 6.28. The Bertz CT molecular complexity index is 895. The van der Waals surface area contributed by atoms with E-state index in [-0.39, 0.29) is 5.56 Å². The van der Waals surface area contributed by atoms with Crippen molar-refractivity contribution in [3.05, 3.63) is 74.7 Å². The third-order valence-electron chi connectivity index (χ3n) is 3.50. The highest BCUT2D eigenvalue weighted by molar-refractivity contribution is 9.10. The highest BCUT2D eigenvalue weighted by Crippen LogP contribution is 2.14. The fraction of sp³-hybridized carbons (Fsp3) is 0.111. The second-order valence-electron chi connectivity index (χ2n) is 4.92. The first-order valence-corrected chi connectivity index (χ1v) is 7.91. The van der Waals surface area contributed by atoms with Crippen molar-refractivity contribution in [3.63, 3.8) is 0 Å². The topological polar surface area (TPSA) is 34.9 Å². The summed E-state index contributed by atoms with van der Waals surface area (Å²) >= 11 is 3.42. The summed E-state index contributed by atoms with van der Waals surface area (Å²) in [5.41, 5.74) is 1.80. The zero-order valence-electron chi connectivity index (χ0n) is 12.2. The minimum Gasteiger partial charge on any atom is -0.293 e. The largest absolute Gasteiger partial charge is 0.293 e. The Labute approximate surface area is 137 Å². The Balaban J connectivity index is 2.09. The molecular weight excluding hydrogens is 340 g/mol. The number of nitrogens with zero attached hydrogens (tertiary/aromatic N) is 2. The zero-order chi connectivity index (χ0) is 15.5. The molecule has 0 spiro atoms. The molecule has 0 amide bonds. The van der Waals surface area contributed by atoms with Gasteiger partial charge in [-0.15, -0.1) is 0 Å². The second-order valence-corrected chi connectivity index (χ2v) is 5.84. The van der Waals surface area contributed by atoms with E-state index in [9.17, 15) is 4.79 Å². The summed E-state index contributed by atoms with van der Waals surface area (Å²) in [6, 6.07) is 15.4. The molecule has 3 nitrogen and oxygen atoms in total. The van der Waals surface area contributed by atoms with Crippen molar-refractivity contribution in [2.24, 2.45) is 0 Å². The minimum absolute atomic E-state index is 0.00329. The van der Waals surface area contributed by atoms with Gasteiger partial charge in [0, 0.05) is 11.0 Å². The maximum Gasteiger partial charge on any atom is 0.261 e. The van der Waals surface area contributed by atoms with Crippen LogP contribution in [0.25, 0.3) is 23.1 Å². The molecule has 0 radical (unpaired) electrons. The van der Waals surface area contributed by atoms with Gasteiger partial charge >= 0.3 is 0 Å². The predicted molar refractivity (Wildman–Crippen MR) is 94.7 cm³/mol. The third kappa shape index (κ3) is 2.88. The lowest BCUT2D eigenvalue weighted by molar-refractivity contribution is 0.708. The Kier molecular flexibility index (Phi) is 4.20. The number of hydrogen-bond acceptors (Lipinski definition) is 2. The number of hydrogen-bond donors (Lipinski definition) is 0. The summed E-state index contributed by atoms with van der Waals surface area (Å²) in [6.45, 7) is 2.55. The fourth-order valence-electron chi connectivity index (χ4n) is 2.36. The van der Waals surface area contributed by atoms with E-state index < -0.39 is 0 Å². The molecule has 0 saturated carbocycles. The fourth-order valence-corrected chi connectivity index (χ4v) is 2.63. The number of fused-ring (bicyclic) bond motifs is 1. The first-order chi connectivity index (χ1) is 10.7. The molecule has 3 aromatic rings. The van der Waals surface area contributed by atoms with Gasteiger partial charge in [0.1, 0.15) is 5.82 Å². The van der Waals surface area contributed by atoms with Gasteiger partial charge in [0.05, 0.1) is 10.9 Å². The molecule has 0 aliphatic heterocycles. The van der Waals surface area contributed by atoms with Gasteiger partial charge in [0.2, 0.25) is 0 Å². The maximum absolute atomic E-state index is 12.5. The number of para-hydroxylation sites is 1. The normalized spacial score (nSPS) is 11.4. The lowest BCUT2D eigenvalue weighted by Crippen LogP contribution is -2.22. The van der Waals surface area contributed by atoms with Crippen LogP contribution in [0.5, 0.6) is 0 Å². The summed E-state index contributed by atoms with van der Waals surface area (Å²) in [7, 11) is 0. The third-order valence-corrected chi connectivity index (χ3v) is 4.03. The Morgan fingerprint density at radius 1 is 1.09 bits per heavy atom. The molecule has 0 aliphatic rings. The van der Waals surface area contributed by atoms with Crippen molar-refractivity contribution in [2.75, 3.05) is 0 Å². The lowest BCUT2D eigenvalue weighted by Gasteiger charge is -2.08. The quantitative estimate of drug-likeness (QED) is 0.700. The standard InChI is InChI=1S/C18H15BrN2O/c1-2-21-17(12-9-13-7-10-14(19)11-8-13)20-16-6-4-3-5-15(16)18(21)22/h3-12H,2H2,1H3. The molecule has 0 unspecified atom stereocenters. The average Bonchev–Trinajstić information content (AvgIpc) is 2.54. The minimum atomic E-state index is 0.00329. The van der Waals surface area contributed by atoms with Crippen molar-refractivity contribution >= 4 is 39.0 Å². The van der Waals surface area contributed by atoms with Crippen molar-refractivity contribution in [1.82, 2.24) is 9.55 Å². The van der Waals surface area contributed by atoms with Crippen LogP contribution in [0.3, 0.4) is 0 Å². The average molecular weight is 355 g/mol. The highest BCUT2D eigenvalue weighted by Gasteiger charge is 2.06. The maximum atomic E-state index is 12.5. The van der Waals surface area contributed by atoms with Gasteiger partial charge in [-0.05, 0) is 42.8 Å². The number of halogens is 1. The van der Waals surface area contributed by atoms with Gasteiger partial charge < -0.3 is 0 Å². The van der Waals surface area contributed by atoms with E-state index in [1.165, 1.54) is 0 Å². The van der Waals surface area contributed by atoms with Crippen molar-refractivity contribution in [3.8, 4) is 0 Å². The number of aromatic nitrogens is 2. The molecule has 3 rings (SSSR count). The molecular formula is C18H15BrN2O. The van der Waals surface area contributed by atoms with Crippen LogP contribution in [0.2, 0.25) is 0 Å². The summed E-state index contributed by atoms with van der Waals surface area (Å²) in [4.78, 5) is 17.1. The van der Waals surface area contributed by atoms with Crippen molar-refractivity contribution < 1.29 is 0 Å². The predicted octanol–water partition coefficient (Wildman–Crippen LogP) is 4.35. The van der Waals surface area contributed by atoms with Crippen LogP contribution in [-0.4, -0.2) is 9.55 Å². The Hall–Kier alpha value is -2.20. The van der Waals surface area contributed by atoms with Crippen LogP contribution in [0.1, 0.15) is 18.3 Å². The molecule has 4 heteroatoms. The SMILES string of the molecule is CCn1c(C=Cc2ccc(Br)cc2)nc2ccccc2c1=O. The van der Waals surface area contributed by atoms with E-state index in [0.717, 1.165) is 15.6 Å². The molecule has 2 aromatic carbocycles. The summed E-state index contributed by atoms with van der Waals surface area (Å²) in [5, 5.41) is 0.658. The molecule has 0 saturated heterocycles. The van der Waals surface area contributed by atoms with E-state index in [0.29, 0.717) is 17.8 Å². The van der Waals surface area contributed by atoms with Crippen LogP contribution in [0.15, 0.2) is 57.8 Å². The van der Waals surface area contributed by atoms with Gasteiger partial charge in [0.25, 0.3) is 5.56 Å². The van der Waals surface area contributed by atoms with E-state index in [1.54, 1.807) is 4.57 Å². The van der Waals surface area contributed by atoms with Gasteiger partial charge in [-0.1, -0.05) is 46.3 Å². The molecule has 1 heterocycles. The lowest BCUT2D eigenvalue weighted by atomic mass is 10.2. The van der Waals surface area contributed by atoms with Crippen molar-refractivity contribution in [1.29, 1.82) is 0 Å². The molecule has 22 heavy (non-hydrogen) atoms. The van der Waals surface area contributed by atoms with E-state index in [1.807, 2.05) is 67.6 Å². The highest BCUT2D eigenvalue weighted by atomic mass is 79.9. The van der Waals surface area contributed by atoms with Gasteiger partial charge in [-0.3, -0.25) is 9.36 Å². The van der Waals surface area contributed by atoms with Crippen LogP contribution in [0.4, 0.5) is 0 Å². The molecule has 0 bridgehead atoms. The van der Waals surface area contributed by atoms with Gasteiger partial charge in [0.15, 0.2) is 0 Å². The van der Waals surface area contributed by atoms with Crippen molar-refractivity contribution in [2.45, 2.75) is 13.5 Å². The number of benzene rings is 2. The van der Waals surface area contributed by atoms with Crippen LogP contribution < -0.4 is 5.56 Å². The first-order valence-electron chi connectivity index (χ1n) is 7.12. The van der Waals surface area contributed by atoms with Crippen LogP contribution in [-0.2, 0) is 6.54 Å². The summed E-state index contributed by atoms with van der Waals surface area (Å²) in [6.07, 6.45) is 3.86. The molecule has 1 aromatic heterocycles. The molecule has 0 N–H and O–H groups in total. The number of rotatable bonds is 3. The smallest absolute Gasteiger partial charge is 0.261 e. The zero-order valence-corrected chi connectivity index (χ0v) is 13.7. The molecule has 0 aliphatic carbocycles. The van der Waals surface area contributed by atoms with E-state index in [4.69, 9.17) is 0 Å². The monoisotopic (exact) mass is 354 g/mol. The molecule has 0 atom stereocenters. The van der Waals surface area contributed by atoms with Crippen LogP contribution in [0, 0.1) is 0 Å². The van der Waals surface area contributed by atoms with E-state index in [2.05, 4.69) is 20.9 Å². The van der Waals surface area contributed by atoms with Gasteiger partial charge in [-0.2, -0.15) is 0 Å². The molecule has 0 fully saturated rings. The first kappa shape index (κ1) is 14.7. The Morgan fingerprint density at radius 2 is 1.82 bits per heavy atom. The van der Waals surface area contributed by atoms with E-state index >= 15 is 0 Å². The Morgan fingerprint density at radius 3 is 2.55 bits per heavy atom. The van der Waals surface area contributed by atoms with Crippen LogP contribution >= 0.6 is 15.9 Å². The summed E-state index contributed by atoms with van der Waals surface area (Å²) < 4.78 is 2.73. The molecule has 110 valence electrons. The van der Waals surface area contributed by atoms with Gasteiger partial charge in [-0.25, -0.2) is 4.98 Å².